The molecule has 0 heterocycles. The molecule has 0 aromatic heterocycles. The Labute approximate surface area is 101 Å². The topological polar surface area (TPSA) is 46.2 Å². The monoisotopic (exact) mass is 249 g/mol. The number of hydrogen-bond donors (Lipinski definition) is 1. The molecular weight excluding hydrogens is 222 g/mol. The van der Waals surface area contributed by atoms with Crippen LogP contribution in [0, 0.1) is 5.92 Å². The highest BCUT2D eigenvalue weighted by molar-refractivity contribution is 7.91. The summed E-state index contributed by atoms with van der Waals surface area (Å²) in [6.07, 6.45) is 3.58. The Morgan fingerprint density at radius 3 is 2.25 bits per heavy atom. The lowest BCUT2D eigenvalue weighted by Gasteiger charge is -2.18. The van der Waals surface area contributed by atoms with E-state index in [1.54, 1.807) is 0 Å². The number of hydrogen-bond acceptors (Lipinski definition) is 3. The molecule has 0 fully saturated rings. The van der Waals surface area contributed by atoms with Gasteiger partial charge in [0, 0.05) is 11.8 Å². The van der Waals surface area contributed by atoms with Crippen molar-refractivity contribution in [2.75, 3.05) is 18.6 Å². The van der Waals surface area contributed by atoms with E-state index in [4.69, 9.17) is 0 Å². The van der Waals surface area contributed by atoms with Crippen molar-refractivity contribution in [3.05, 3.63) is 0 Å². The molecule has 1 atom stereocenters. The number of rotatable bonds is 9. The standard InChI is InChI=1S/C12H27NO2S/c1-5-8-16(14,15)9-6-7-12(13-4)10-11(2)3/h11-13H,5-10H2,1-4H3. The van der Waals surface area contributed by atoms with Gasteiger partial charge in [-0.3, -0.25) is 0 Å². The molecule has 0 rings (SSSR count). The van der Waals surface area contributed by atoms with E-state index in [2.05, 4.69) is 19.2 Å². The van der Waals surface area contributed by atoms with Crippen LogP contribution in [-0.2, 0) is 9.84 Å². The summed E-state index contributed by atoms with van der Waals surface area (Å²) in [5.41, 5.74) is 0. The fourth-order valence-electron chi connectivity index (χ4n) is 1.91. The lowest BCUT2D eigenvalue weighted by molar-refractivity contribution is 0.418. The van der Waals surface area contributed by atoms with E-state index in [0.29, 0.717) is 23.5 Å². The summed E-state index contributed by atoms with van der Waals surface area (Å²) in [4.78, 5) is 0. The van der Waals surface area contributed by atoms with E-state index in [1.807, 2.05) is 14.0 Å². The Morgan fingerprint density at radius 1 is 1.19 bits per heavy atom. The maximum atomic E-state index is 11.5. The normalized spacial score (nSPS) is 14.3. The highest BCUT2D eigenvalue weighted by Gasteiger charge is 2.12. The Kier molecular flexibility index (Phi) is 8.02. The first-order valence-corrected chi connectivity index (χ1v) is 8.11. The molecule has 0 bridgehead atoms. The lowest BCUT2D eigenvalue weighted by atomic mass is 10.0. The summed E-state index contributed by atoms with van der Waals surface area (Å²) in [6, 6.07) is 0.455. The van der Waals surface area contributed by atoms with E-state index in [0.717, 1.165) is 25.7 Å². The molecule has 4 heteroatoms. The maximum Gasteiger partial charge on any atom is 0.150 e. The van der Waals surface area contributed by atoms with E-state index in [9.17, 15) is 8.42 Å². The molecule has 1 unspecified atom stereocenters. The van der Waals surface area contributed by atoms with Crippen molar-refractivity contribution in [3.8, 4) is 0 Å². The molecule has 0 aliphatic rings. The first-order valence-electron chi connectivity index (χ1n) is 6.29. The molecule has 0 radical (unpaired) electrons. The van der Waals surface area contributed by atoms with E-state index >= 15 is 0 Å². The fourth-order valence-corrected chi connectivity index (χ4v) is 3.34. The summed E-state index contributed by atoms with van der Waals surface area (Å²) in [6.45, 7) is 6.29. The number of nitrogens with one attached hydrogen (secondary N) is 1. The minimum atomic E-state index is -2.79. The smallest absolute Gasteiger partial charge is 0.150 e. The predicted molar refractivity (Wildman–Crippen MR) is 70.5 cm³/mol. The van der Waals surface area contributed by atoms with Crippen LogP contribution in [-0.4, -0.2) is 33.0 Å². The summed E-state index contributed by atoms with van der Waals surface area (Å²) < 4.78 is 23.0. The second kappa shape index (κ2) is 8.07. The van der Waals surface area contributed by atoms with Crippen molar-refractivity contribution in [1.82, 2.24) is 5.32 Å². The summed E-state index contributed by atoms with van der Waals surface area (Å²) in [7, 11) is -0.840. The molecule has 3 nitrogen and oxygen atoms in total. The van der Waals surface area contributed by atoms with Gasteiger partial charge in [-0.05, 0) is 38.6 Å². The van der Waals surface area contributed by atoms with E-state index in [1.165, 1.54) is 0 Å². The molecule has 16 heavy (non-hydrogen) atoms. The quantitative estimate of drug-likeness (QED) is 0.681. The highest BCUT2D eigenvalue weighted by Crippen LogP contribution is 2.10. The average molecular weight is 249 g/mol. The Hall–Kier alpha value is -0.0900. The SMILES string of the molecule is CCCS(=O)(=O)CCCC(CC(C)C)NC. The predicted octanol–water partition coefficient (Wildman–Crippen LogP) is 2.23. The van der Waals surface area contributed by atoms with Gasteiger partial charge in [-0.2, -0.15) is 0 Å². The van der Waals surface area contributed by atoms with Crippen molar-refractivity contribution < 1.29 is 8.42 Å². The van der Waals surface area contributed by atoms with E-state index < -0.39 is 9.84 Å². The molecule has 0 amide bonds. The van der Waals surface area contributed by atoms with Crippen LogP contribution in [0.25, 0.3) is 0 Å². The van der Waals surface area contributed by atoms with Crippen molar-refractivity contribution >= 4 is 9.84 Å². The van der Waals surface area contributed by atoms with Crippen LogP contribution in [0.1, 0.15) is 46.5 Å². The summed E-state index contributed by atoms with van der Waals surface area (Å²) in [5.74, 6) is 1.34. The molecular formula is C12H27NO2S. The van der Waals surface area contributed by atoms with Crippen LogP contribution in [0.4, 0.5) is 0 Å². The van der Waals surface area contributed by atoms with Gasteiger partial charge in [-0.25, -0.2) is 8.42 Å². The molecule has 98 valence electrons. The second-order valence-corrected chi connectivity index (χ2v) is 7.21. The van der Waals surface area contributed by atoms with Gasteiger partial charge in [-0.15, -0.1) is 0 Å². The maximum absolute atomic E-state index is 11.5. The first-order chi connectivity index (χ1) is 7.41. The molecule has 0 spiro atoms. The third kappa shape index (κ3) is 8.11. The van der Waals surface area contributed by atoms with Crippen LogP contribution >= 0.6 is 0 Å². The van der Waals surface area contributed by atoms with Crippen LogP contribution in [0.3, 0.4) is 0 Å². The van der Waals surface area contributed by atoms with Crippen LogP contribution in [0.5, 0.6) is 0 Å². The zero-order valence-electron chi connectivity index (χ0n) is 11.1. The van der Waals surface area contributed by atoms with Gasteiger partial charge in [-0.1, -0.05) is 20.8 Å². The first kappa shape index (κ1) is 15.9. The molecule has 1 N–H and O–H groups in total. The fraction of sp³-hybridized carbons (Fsp3) is 1.00. The largest absolute Gasteiger partial charge is 0.317 e. The molecule has 0 aliphatic heterocycles. The number of sulfone groups is 1. The highest BCUT2D eigenvalue weighted by atomic mass is 32.2. The Bertz CT molecular complexity index is 260. The van der Waals surface area contributed by atoms with E-state index in [-0.39, 0.29) is 0 Å². The molecule has 0 aromatic carbocycles. The molecule has 0 aliphatic carbocycles. The van der Waals surface area contributed by atoms with Crippen LogP contribution < -0.4 is 5.32 Å². The van der Waals surface area contributed by atoms with Gasteiger partial charge in [0.25, 0.3) is 0 Å². The third-order valence-corrected chi connectivity index (χ3v) is 4.63. The average Bonchev–Trinajstić information content (AvgIpc) is 2.15. The Morgan fingerprint density at radius 2 is 1.81 bits per heavy atom. The summed E-state index contributed by atoms with van der Waals surface area (Å²) >= 11 is 0. The van der Waals surface area contributed by atoms with Gasteiger partial charge < -0.3 is 5.32 Å². The van der Waals surface area contributed by atoms with Gasteiger partial charge in [0.2, 0.25) is 0 Å². The van der Waals surface area contributed by atoms with Gasteiger partial charge in [0.15, 0.2) is 0 Å². The van der Waals surface area contributed by atoms with Gasteiger partial charge in [0.1, 0.15) is 9.84 Å². The minimum Gasteiger partial charge on any atom is -0.317 e. The van der Waals surface area contributed by atoms with Crippen LogP contribution in [0.2, 0.25) is 0 Å². The Balaban J connectivity index is 3.86. The van der Waals surface area contributed by atoms with Crippen molar-refractivity contribution in [3.63, 3.8) is 0 Å². The van der Waals surface area contributed by atoms with Gasteiger partial charge >= 0.3 is 0 Å². The summed E-state index contributed by atoms with van der Waals surface area (Å²) in [5, 5.41) is 3.26. The molecule has 0 aromatic rings. The molecule has 0 saturated carbocycles. The third-order valence-electron chi connectivity index (χ3n) is 2.69. The van der Waals surface area contributed by atoms with Crippen molar-refractivity contribution in [2.45, 2.75) is 52.5 Å². The van der Waals surface area contributed by atoms with Crippen LogP contribution in [0.15, 0.2) is 0 Å². The zero-order chi connectivity index (χ0) is 12.6. The molecule has 0 saturated heterocycles. The lowest BCUT2D eigenvalue weighted by Crippen LogP contribution is -2.27. The van der Waals surface area contributed by atoms with Crippen molar-refractivity contribution in [1.29, 1.82) is 0 Å². The second-order valence-electron chi connectivity index (χ2n) is 4.91. The zero-order valence-corrected chi connectivity index (χ0v) is 11.9. The van der Waals surface area contributed by atoms with Gasteiger partial charge in [0.05, 0.1) is 5.75 Å². The minimum absolute atomic E-state index is 0.335. The van der Waals surface area contributed by atoms with Crippen molar-refractivity contribution in [2.24, 2.45) is 5.92 Å².